The second-order valence-corrected chi connectivity index (χ2v) is 5.52. The maximum Gasteiger partial charge on any atom is 0.191 e. The van der Waals surface area contributed by atoms with Crippen molar-refractivity contribution in [3.63, 3.8) is 0 Å². The number of aliphatic imine (C=N–C) groups is 1. The first-order valence-corrected chi connectivity index (χ1v) is 7.97. The summed E-state index contributed by atoms with van der Waals surface area (Å²) in [6.45, 7) is 2.50. The van der Waals surface area contributed by atoms with E-state index in [4.69, 9.17) is 0 Å². The Labute approximate surface area is 129 Å². The van der Waals surface area contributed by atoms with Gasteiger partial charge in [0.15, 0.2) is 5.96 Å². The Bertz CT molecular complexity index is 524. The SMILES string of the molecule is CN=C(NCCSc1ccccc1)NCCn1cccn1. The molecule has 0 bridgehead atoms. The Morgan fingerprint density at radius 3 is 2.71 bits per heavy atom. The van der Waals surface area contributed by atoms with E-state index in [9.17, 15) is 0 Å². The summed E-state index contributed by atoms with van der Waals surface area (Å²) in [5.74, 6) is 1.83. The third-order valence-corrected chi connectivity index (χ3v) is 3.84. The third-order valence-electron chi connectivity index (χ3n) is 2.82. The first kappa shape index (κ1) is 15.4. The lowest BCUT2D eigenvalue weighted by Gasteiger charge is -2.11. The maximum absolute atomic E-state index is 4.21. The van der Waals surface area contributed by atoms with Crippen molar-refractivity contribution in [3.05, 3.63) is 48.8 Å². The van der Waals surface area contributed by atoms with E-state index < -0.39 is 0 Å². The molecule has 1 aromatic heterocycles. The fourth-order valence-corrected chi connectivity index (χ4v) is 2.59. The van der Waals surface area contributed by atoms with Gasteiger partial charge in [0.05, 0.1) is 6.54 Å². The molecule has 0 spiro atoms. The highest BCUT2D eigenvalue weighted by Crippen LogP contribution is 2.15. The summed E-state index contributed by atoms with van der Waals surface area (Å²) < 4.78 is 1.89. The van der Waals surface area contributed by atoms with Crippen molar-refractivity contribution in [1.82, 2.24) is 20.4 Å². The third kappa shape index (κ3) is 5.91. The van der Waals surface area contributed by atoms with Crippen molar-refractivity contribution in [2.75, 3.05) is 25.9 Å². The molecule has 1 heterocycles. The van der Waals surface area contributed by atoms with Gasteiger partial charge in [0, 0.05) is 43.2 Å². The van der Waals surface area contributed by atoms with Crippen LogP contribution in [0, 0.1) is 0 Å². The number of hydrogen-bond donors (Lipinski definition) is 2. The molecule has 0 atom stereocenters. The Hall–Kier alpha value is -1.95. The van der Waals surface area contributed by atoms with Gasteiger partial charge in [-0.15, -0.1) is 11.8 Å². The lowest BCUT2D eigenvalue weighted by molar-refractivity contribution is 0.598. The molecule has 0 saturated heterocycles. The summed E-state index contributed by atoms with van der Waals surface area (Å²) in [7, 11) is 1.79. The van der Waals surface area contributed by atoms with Crippen LogP contribution in [0.5, 0.6) is 0 Å². The molecule has 0 radical (unpaired) electrons. The summed E-state index contributed by atoms with van der Waals surface area (Å²) in [5.41, 5.74) is 0. The van der Waals surface area contributed by atoms with Crippen LogP contribution in [0.15, 0.2) is 58.7 Å². The molecule has 0 aliphatic heterocycles. The van der Waals surface area contributed by atoms with Crippen LogP contribution in [-0.4, -0.2) is 41.6 Å². The van der Waals surface area contributed by atoms with Crippen molar-refractivity contribution >= 4 is 17.7 Å². The number of guanidine groups is 1. The standard InChI is InChI=1S/C15H21N5S/c1-16-15(17-9-12-20-11-5-8-19-20)18-10-13-21-14-6-3-2-4-7-14/h2-8,11H,9-10,12-13H2,1H3,(H2,16,17,18). The molecule has 2 aromatic rings. The average molecular weight is 303 g/mol. The highest BCUT2D eigenvalue weighted by atomic mass is 32.2. The van der Waals surface area contributed by atoms with Gasteiger partial charge < -0.3 is 10.6 Å². The molecule has 6 heteroatoms. The van der Waals surface area contributed by atoms with Crippen LogP contribution in [0.4, 0.5) is 0 Å². The van der Waals surface area contributed by atoms with E-state index in [0.717, 1.165) is 31.3 Å². The Balaban J connectivity index is 1.59. The number of nitrogens with one attached hydrogen (secondary N) is 2. The zero-order chi connectivity index (χ0) is 14.8. The summed E-state index contributed by atoms with van der Waals surface area (Å²) in [6, 6.07) is 12.3. The van der Waals surface area contributed by atoms with Gasteiger partial charge in [0.25, 0.3) is 0 Å². The van der Waals surface area contributed by atoms with E-state index >= 15 is 0 Å². The minimum absolute atomic E-state index is 0.799. The highest BCUT2D eigenvalue weighted by Gasteiger charge is 1.98. The number of aromatic nitrogens is 2. The molecule has 0 amide bonds. The predicted octanol–water partition coefficient (Wildman–Crippen LogP) is 1.84. The van der Waals surface area contributed by atoms with Gasteiger partial charge in [-0.1, -0.05) is 18.2 Å². The molecule has 0 aliphatic rings. The quantitative estimate of drug-likeness (QED) is 0.355. The van der Waals surface area contributed by atoms with Crippen molar-refractivity contribution in [2.24, 2.45) is 4.99 Å². The van der Waals surface area contributed by atoms with Gasteiger partial charge >= 0.3 is 0 Å². The van der Waals surface area contributed by atoms with Gasteiger partial charge in [-0.25, -0.2) is 0 Å². The normalized spacial score (nSPS) is 11.4. The molecular weight excluding hydrogens is 282 g/mol. The molecule has 112 valence electrons. The Morgan fingerprint density at radius 1 is 1.19 bits per heavy atom. The molecule has 0 unspecified atom stereocenters. The van der Waals surface area contributed by atoms with Crippen LogP contribution in [0.2, 0.25) is 0 Å². The van der Waals surface area contributed by atoms with Crippen molar-refractivity contribution in [3.8, 4) is 0 Å². The van der Waals surface area contributed by atoms with E-state index in [1.165, 1.54) is 4.90 Å². The van der Waals surface area contributed by atoms with Gasteiger partial charge in [-0.05, 0) is 18.2 Å². The van der Waals surface area contributed by atoms with Gasteiger partial charge in [-0.2, -0.15) is 5.10 Å². The molecule has 2 rings (SSSR count). The van der Waals surface area contributed by atoms with Crippen LogP contribution in [-0.2, 0) is 6.54 Å². The number of benzene rings is 1. The van der Waals surface area contributed by atoms with E-state index in [2.05, 4.69) is 45.0 Å². The predicted molar refractivity (Wildman–Crippen MR) is 88.8 cm³/mol. The summed E-state index contributed by atoms with van der Waals surface area (Å²) in [5, 5.41) is 10.7. The molecular formula is C15H21N5S. The van der Waals surface area contributed by atoms with Crippen LogP contribution in [0.25, 0.3) is 0 Å². The van der Waals surface area contributed by atoms with Crippen molar-refractivity contribution in [1.29, 1.82) is 0 Å². The zero-order valence-electron chi connectivity index (χ0n) is 12.2. The minimum atomic E-state index is 0.799. The van der Waals surface area contributed by atoms with Gasteiger partial charge in [0.2, 0.25) is 0 Å². The molecule has 21 heavy (non-hydrogen) atoms. The van der Waals surface area contributed by atoms with Gasteiger partial charge in [0.1, 0.15) is 0 Å². The summed E-state index contributed by atoms with van der Waals surface area (Å²) >= 11 is 1.84. The Morgan fingerprint density at radius 2 is 2.00 bits per heavy atom. The number of thioether (sulfide) groups is 1. The highest BCUT2D eigenvalue weighted by molar-refractivity contribution is 7.99. The maximum atomic E-state index is 4.21. The van der Waals surface area contributed by atoms with Crippen LogP contribution >= 0.6 is 11.8 Å². The molecule has 1 aromatic carbocycles. The fourth-order valence-electron chi connectivity index (χ4n) is 1.80. The van der Waals surface area contributed by atoms with Crippen molar-refractivity contribution < 1.29 is 0 Å². The van der Waals surface area contributed by atoms with E-state index in [-0.39, 0.29) is 0 Å². The monoisotopic (exact) mass is 303 g/mol. The first-order valence-electron chi connectivity index (χ1n) is 6.98. The molecule has 0 saturated carbocycles. The van der Waals surface area contributed by atoms with Crippen LogP contribution in [0.3, 0.4) is 0 Å². The smallest absolute Gasteiger partial charge is 0.191 e. The van der Waals surface area contributed by atoms with Crippen molar-refractivity contribution in [2.45, 2.75) is 11.4 Å². The fraction of sp³-hybridized carbons (Fsp3) is 0.333. The molecule has 5 nitrogen and oxygen atoms in total. The lowest BCUT2D eigenvalue weighted by Crippen LogP contribution is -2.39. The van der Waals surface area contributed by atoms with Crippen LogP contribution < -0.4 is 10.6 Å². The first-order chi connectivity index (χ1) is 10.4. The number of hydrogen-bond acceptors (Lipinski definition) is 3. The largest absolute Gasteiger partial charge is 0.356 e. The number of rotatable bonds is 7. The summed E-state index contributed by atoms with van der Waals surface area (Å²) in [6.07, 6.45) is 3.74. The van der Waals surface area contributed by atoms with E-state index in [1.807, 2.05) is 34.8 Å². The van der Waals surface area contributed by atoms with E-state index in [1.54, 1.807) is 13.2 Å². The Kier molecular flexibility index (Phi) is 6.67. The molecule has 0 aliphatic carbocycles. The number of nitrogens with zero attached hydrogens (tertiary/aromatic N) is 3. The second-order valence-electron chi connectivity index (χ2n) is 4.36. The van der Waals surface area contributed by atoms with Crippen LogP contribution in [0.1, 0.15) is 0 Å². The minimum Gasteiger partial charge on any atom is -0.356 e. The summed E-state index contributed by atoms with van der Waals surface area (Å²) in [4.78, 5) is 5.50. The second kappa shape index (κ2) is 9.07. The van der Waals surface area contributed by atoms with Gasteiger partial charge in [-0.3, -0.25) is 9.67 Å². The van der Waals surface area contributed by atoms with E-state index in [0.29, 0.717) is 0 Å². The lowest BCUT2D eigenvalue weighted by atomic mass is 10.4. The zero-order valence-corrected chi connectivity index (χ0v) is 13.0. The topological polar surface area (TPSA) is 54.2 Å². The molecule has 0 fully saturated rings. The average Bonchev–Trinajstić information content (AvgIpc) is 3.04. The molecule has 2 N–H and O–H groups in total.